The molecule has 0 aromatic carbocycles. The van der Waals surface area contributed by atoms with E-state index in [0.29, 0.717) is 31.2 Å². The summed E-state index contributed by atoms with van der Waals surface area (Å²) in [6.07, 6.45) is 2.92. The molecular weight excluding hydrogens is 244 g/mol. The molecule has 0 bridgehead atoms. The highest BCUT2D eigenvalue weighted by molar-refractivity contribution is 5.86. The van der Waals surface area contributed by atoms with E-state index >= 15 is 0 Å². The average Bonchev–Trinajstić information content (AvgIpc) is 2.27. The van der Waals surface area contributed by atoms with Gasteiger partial charge in [0.25, 0.3) is 0 Å². The summed E-state index contributed by atoms with van der Waals surface area (Å²) in [6.45, 7) is 6.72. The summed E-state index contributed by atoms with van der Waals surface area (Å²) < 4.78 is 0. The monoisotopic (exact) mass is 270 g/mol. The Bertz CT molecular complexity index is 344. The van der Waals surface area contributed by atoms with Gasteiger partial charge < -0.3 is 15.3 Å². The number of hydrogen-bond donors (Lipinski definition) is 2. The van der Waals surface area contributed by atoms with Crippen molar-refractivity contribution in [3.05, 3.63) is 0 Å². The molecule has 0 radical (unpaired) electrons. The predicted octanol–water partition coefficient (Wildman–Crippen LogP) is 2.32. The van der Waals surface area contributed by atoms with Gasteiger partial charge in [-0.25, -0.2) is 9.59 Å². The predicted molar refractivity (Wildman–Crippen MR) is 74.0 cm³/mol. The van der Waals surface area contributed by atoms with Gasteiger partial charge in [-0.05, 0) is 24.7 Å². The molecule has 2 atom stereocenters. The van der Waals surface area contributed by atoms with Gasteiger partial charge in [0.05, 0.1) is 0 Å². The average molecular weight is 270 g/mol. The Hall–Kier alpha value is -1.26. The number of carboxylic acid groups (broad SMARTS) is 1. The molecule has 1 fully saturated rings. The van der Waals surface area contributed by atoms with Crippen LogP contribution in [0.5, 0.6) is 0 Å². The molecule has 0 aromatic rings. The van der Waals surface area contributed by atoms with Gasteiger partial charge >= 0.3 is 12.0 Å². The summed E-state index contributed by atoms with van der Waals surface area (Å²) in [5, 5.41) is 12.2. The number of urea groups is 1. The van der Waals surface area contributed by atoms with Crippen LogP contribution < -0.4 is 5.32 Å². The molecule has 19 heavy (non-hydrogen) atoms. The van der Waals surface area contributed by atoms with Crippen molar-refractivity contribution in [2.75, 3.05) is 13.6 Å². The van der Waals surface area contributed by atoms with Crippen molar-refractivity contribution < 1.29 is 14.7 Å². The summed E-state index contributed by atoms with van der Waals surface area (Å²) in [5.74, 6) is -0.215. The van der Waals surface area contributed by atoms with Gasteiger partial charge in [-0.15, -0.1) is 0 Å². The molecule has 0 saturated heterocycles. The second-order valence-corrected chi connectivity index (χ2v) is 6.29. The van der Waals surface area contributed by atoms with E-state index in [2.05, 4.69) is 5.32 Å². The van der Waals surface area contributed by atoms with Crippen LogP contribution in [0.4, 0.5) is 4.79 Å². The Labute approximate surface area is 115 Å². The Kier molecular flexibility index (Phi) is 5.20. The van der Waals surface area contributed by atoms with Crippen molar-refractivity contribution in [2.24, 2.45) is 11.8 Å². The minimum atomic E-state index is -1.08. The Balaban J connectivity index is 2.73. The number of aliphatic carboxylic acids is 1. The third kappa shape index (κ3) is 4.11. The molecule has 2 N–H and O–H groups in total. The first-order valence-corrected chi connectivity index (χ1v) is 7.03. The minimum Gasteiger partial charge on any atom is -0.480 e. The van der Waals surface area contributed by atoms with E-state index in [0.717, 1.165) is 12.8 Å². The molecule has 1 rings (SSSR count). The molecule has 0 aliphatic heterocycles. The third-order valence-electron chi connectivity index (χ3n) is 3.74. The zero-order valence-corrected chi connectivity index (χ0v) is 12.4. The van der Waals surface area contributed by atoms with E-state index in [1.54, 1.807) is 11.9 Å². The van der Waals surface area contributed by atoms with E-state index in [-0.39, 0.29) is 6.03 Å². The first-order valence-electron chi connectivity index (χ1n) is 7.03. The lowest BCUT2D eigenvalue weighted by Crippen LogP contribution is -2.59. The molecule has 1 aliphatic rings. The number of carbonyl (C=O) groups excluding carboxylic acids is 1. The van der Waals surface area contributed by atoms with Crippen LogP contribution in [-0.4, -0.2) is 41.1 Å². The van der Waals surface area contributed by atoms with Crippen molar-refractivity contribution in [2.45, 2.75) is 52.0 Å². The standard InChI is InChI=1S/C14H26N2O3/c1-10(2)9-16(4)13(19)15-14(12(17)18)7-5-6-11(3)8-14/h10-11H,5-9H2,1-4H3,(H,15,19)(H,17,18). The van der Waals surface area contributed by atoms with Crippen LogP contribution in [0.1, 0.15) is 46.5 Å². The highest BCUT2D eigenvalue weighted by Crippen LogP contribution is 2.32. The molecule has 1 saturated carbocycles. The van der Waals surface area contributed by atoms with Gasteiger partial charge in [0.2, 0.25) is 0 Å². The first-order chi connectivity index (χ1) is 8.77. The molecule has 1 aliphatic carbocycles. The summed E-state index contributed by atoms with van der Waals surface area (Å²) in [4.78, 5) is 25.2. The topological polar surface area (TPSA) is 69.6 Å². The van der Waals surface area contributed by atoms with E-state index in [1.165, 1.54) is 0 Å². The second-order valence-electron chi connectivity index (χ2n) is 6.29. The summed E-state index contributed by atoms with van der Waals surface area (Å²) >= 11 is 0. The number of nitrogens with zero attached hydrogens (tertiary/aromatic N) is 1. The fourth-order valence-corrected chi connectivity index (χ4v) is 2.84. The lowest BCUT2D eigenvalue weighted by Gasteiger charge is -2.38. The molecular formula is C14H26N2O3. The van der Waals surface area contributed by atoms with Crippen LogP contribution in [0.15, 0.2) is 0 Å². The number of carboxylic acids is 1. The van der Waals surface area contributed by atoms with Gasteiger partial charge in [-0.2, -0.15) is 0 Å². The number of hydrogen-bond acceptors (Lipinski definition) is 2. The molecule has 5 heteroatoms. The van der Waals surface area contributed by atoms with Crippen molar-refractivity contribution >= 4 is 12.0 Å². The van der Waals surface area contributed by atoms with Crippen LogP contribution in [0, 0.1) is 11.8 Å². The largest absolute Gasteiger partial charge is 0.480 e. The fraction of sp³-hybridized carbons (Fsp3) is 0.857. The highest BCUT2D eigenvalue weighted by Gasteiger charge is 2.43. The van der Waals surface area contributed by atoms with Crippen molar-refractivity contribution in [1.29, 1.82) is 0 Å². The zero-order valence-electron chi connectivity index (χ0n) is 12.4. The Morgan fingerprint density at radius 3 is 2.58 bits per heavy atom. The van der Waals surface area contributed by atoms with Gasteiger partial charge in [0, 0.05) is 13.6 Å². The highest BCUT2D eigenvalue weighted by atomic mass is 16.4. The lowest BCUT2D eigenvalue weighted by molar-refractivity contribution is -0.146. The lowest BCUT2D eigenvalue weighted by atomic mass is 9.76. The number of carbonyl (C=O) groups is 2. The quantitative estimate of drug-likeness (QED) is 0.823. The van der Waals surface area contributed by atoms with E-state index in [9.17, 15) is 14.7 Å². The summed E-state index contributed by atoms with van der Waals surface area (Å²) in [5.41, 5.74) is -1.08. The first kappa shape index (κ1) is 15.8. The van der Waals surface area contributed by atoms with Gasteiger partial charge in [0.1, 0.15) is 5.54 Å². The van der Waals surface area contributed by atoms with Gasteiger partial charge in [0.15, 0.2) is 0 Å². The molecule has 2 amide bonds. The number of amides is 2. The minimum absolute atomic E-state index is 0.287. The second kappa shape index (κ2) is 6.26. The summed E-state index contributed by atoms with van der Waals surface area (Å²) in [7, 11) is 1.71. The molecule has 0 heterocycles. The van der Waals surface area contributed by atoms with Crippen molar-refractivity contribution in [3.63, 3.8) is 0 Å². The van der Waals surface area contributed by atoms with Gasteiger partial charge in [-0.1, -0.05) is 33.6 Å². The summed E-state index contributed by atoms with van der Waals surface area (Å²) in [6, 6.07) is -0.287. The number of nitrogens with one attached hydrogen (secondary N) is 1. The van der Waals surface area contributed by atoms with Crippen LogP contribution >= 0.6 is 0 Å². The Morgan fingerprint density at radius 2 is 2.11 bits per heavy atom. The maximum atomic E-state index is 12.1. The SMILES string of the molecule is CC(C)CN(C)C(=O)NC1(C(=O)O)CCCC(C)C1. The molecule has 5 nitrogen and oxygen atoms in total. The van der Waals surface area contributed by atoms with E-state index in [1.807, 2.05) is 20.8 Å². The maximum absolute atomic E-state index is 12.1. The number of rotatable bonds is 4. The molecule has 2 unspecified atom stereocenters. The van der Waals surface area contributed by atoms with Crippen LogP contribution in [-0.2, 0) is 4.79 Å². The van der Waals surface area contributed by atoms with Crippen LogP contribution in [0.3, 0.4) is 0 Å². The van der Waals surface area contributed by atoms with E-state index in [4.69, 9.17) is 0 Å². The molecule has 110 valence electrons. The van der Waals surface area contributed by atoms with Crippen molar-refractivity contribution in [1.82, 2.24) is 10.2 Å². The smallest absolute Gasteiger partial charge is 0.329 e. The van der Waals surface area contributed by atoms with Crippen LogP contribution in [0.25, 0.3) is 0 Å². The molecule has 0 spiro atoms. The third-order valence-corrected chi connectivity index (χ3v) is 3.74. The maximum Gasteiger partial charge on any atom is 0.329 e. The van der Waals surface area contributed by atoms with Crippen molar-refractivity contribution in [3.8, 4) is 0 Å². The normalized spacial score (nSPS) is 27.1. The molecule has 0 aromatic heterocycles. The Morgan fingerprint density at radius 1 is 1.47 bits per heavy atom. The zero-order chi connectivity index (χ0) is 14.6. The van der Waals surface area contributed by atoms with E-state index < -0.39 is 11.5 Å². The van der Waals surface area contributed by atoms with Gasteiger partial charge in [-0.3, -0.25) is 0 Å². The fourth-order valence-electron chi connectivity index (χ4n) is 2.84. The van der Waals surface area contributed by atoms with Crippen LogP contribution in [0.2, 0.25) is 0 Å².